The van der Waals surface area contributed by atoms with Gasteiger partial charge in [0.1, 0.15) is 5.75 Å². The number of aromatic nitrogens is 2. The van der Waals surface area contributed by atoms with Gasteiger partial charge in [0, 0.05) is 6.42 Å². The van der Waals surface area contributed by atoms with Gasteiger partial charge in [-0.15, -0.1) is 0 Å². The van der Waals surface area contributed by atoms with Crippen molar-refractivity contribution in [1.29, 1.82) is 0 Å². The molecule has 0 bridgehead atoms. The van der Waals surface area contributed by atoms with Crippen molar-refractivity contribution in [2.45, 2.75) is 45.3 Å². The van der Waals surface area contributed by atoms with Crippen LogP contribution >= 0.6 is 0 Å². The Morgan fingerprint density at radius 2 is 2.00 bits per heavy atom. The summed E-state index contributed by atoms with van der Waals surface area (Å²) in [6.07, 6.45) is 0.0117. The molecule has 0 saturated carbocycles. The van der Waals surface area contributed by atoms with E-state index in [1.807, 2.05) is 38.1 Å². The SMILES string of the molecule is CC(C)C(c1nc(C2Cc3ccccc3O2)no1)C(C)O. The van der Waals surface area contributed by atoms with Crippen molar-refractivity contribution in [3.8, 4) is 5.75 Å². The normalized spacial score (nSPS) is 20.1. The first-order valence-electron chi connectivity index (χ1n) is 7.32. The van der Waals surface area contributed by atoms with Gasteiger partial charge in [-0.25, -0.2) is 0 Å². The zero-order valence-electron chi connectivity index (χ0n) is 12.5. The summed E-state index contributed by atoms with van der Waals surface area (Å²) in [5.41, 5.74) is 1.16. The van der Waals surface area contributed by atoms with Crippen molar-refractivity contribution >= 4 is 0 Å². The van der Waals surface area contributed by atoms with Crippen LogP contribution in [0, 0.1) is 5.92 Å². The minimum absolute atomic E-state index is 0.157. The van der Waals surface area contributed by atoms with E-state index in [0.717, 1.165) is 17.7 Å². The second-order valence-electron chi connectivity index (χ2n) is 5.92. The number of nitrogens with zero attached hydrogens (tertiary/aromatic N) is 2. The van der Waals surface area contributed by atoms with Gasteiger partial charge in [-0.1, -0.05) is 37.2 Å². The van der Waals surface area contributed by atoms with E-state index in [-0.39, 0.29) is 17.9 Å². The molecule has 0 saturated heterocycles. The summed E-state index contributed by atoms with van der Waals surface area (Å²) < 4.78 is 11.2. The molecule has 0 aliphatic carbocycles. The van der Waals surface area contributed by atoms with Gasteiger partial charge in [0.2, 0.25) is 11.7 Å². The molecule has 0 amide bonds. The van der Waals surface area contributed by atoms with Gasteiger partial charge in [-0.05, 0) is 24.5 Å². The third-order valence-corrected chi connectivity index (χ3v) is 3.92. The topological polar surface area (TPSA) is 68.4 Å². The number of benzene rings is 1. The lowest BCUT2D eigenvalue weighted by Crippen LogP contribution is -2.20. The Hall–Kier alpha value is -1.88. The van der Waals surface area contributed by atoms with Crippen molar-refractivity contribution < 1.29 is 14.4 Å². The maximum Gasteiger partial charge on any atom is 0.232 e. The Bertz CT molecular complexity index is 588. The smallest absolute Gasteiger partial charge is 0.232 e. The van der Waals surface area contributed by atoms with Crippen LogP contribution in [0.4, 0.5) is 0 Å². The molecule has 1 aliphatic heterocycles. The number of rotatable bonds is 4. The third-order valence-electron chi connectivity index (χ3n) is 3.92. The third kappa shape index (κ3) is 2.65. The van der Waals surface area contributed by atoms with E-state index in [1.165, 1.54) is 0 Å². The van der Waals surface area contributed by atoms with E-state index in [0.29, 0.717) is 11.7 Å². The maximum absolute atomic E-state index is 9.89. The van der Waals surface area contributed by atoms with E-state index in [2.05, 4.69) is 10.1 Å². The molecular formula is C16H20N2O3. The van der Waals surface area contributed by atoms with Crippen LogP contribution in [0.25, 0.3) is 0 Å². The summed E-state index contributed by atoms with van der Waals surface area (Å²) in [7, 11) is 0. The first-order chi connectivity index (χ1) is 10.1. The molecule has 5 nitrogen and oxygen atoms in total. The van der Waals surface area contributed by atoms with E-state index in [4.69, 9.17) is 9.26 Å². The van der Waals surface area contributed by atoms with E-state index >= 15 is 0 Å². The van der Waals surface area contributed by atoms with Crippen molar-refractivity contribution in [2.24, 2.45) is 5.92 Å². The predicted molar refractivity (Wildman–Crippen MR) is 77.1 cm³/mol. The summed E-state index contributed by atoms with van der Waals surface area (Å²) in [6, 6.07) is 7.94. The maximum atomic E-state index is 9.89. The standard InChI is InChI=1S/C16H20N2O3/c1-9(2)14(10(3)19)16-17-15(18-21-16)13-8-11-6-4-5-7-12(11)20-13/h4-7,9-10,13-14,19H,8H2,1-3H3. The van der Waals surface area contributed by atoms with Gasteiger partial charge in [0.15, 0.2) is 6.10 Å². The van der Waals surface area contributed by atoms with E-state index < -0.39 is 6.10 Å². The van der Waals surface area contributed by atoms with Crippen LogP contribution in [-0.4, -0.2) is 21.4 Å². The van der Waals surface area contributed by atoms with Crippen molar-refractivity contribution in [3.63, 3.8) is 0 Å². The van der Waals surface area contributed by atoms with Gasteiger partial charge >= 0.3 is 0 Å². The molecule has 0 spiro atoms. The number of aliphatic hydroxyl groups excluding tert-OH is 1. The zero-order valence-corrected chi connectivity index (χ0v) is 12.5. The fourth-order valence-corrected chi connectivity index (χ4v) is 2.89. The van der Waals surface area contributed by atoms with Gasteiger partial charge in [-0.2, -0.15) is 4.98 Å². The van der Waals surface area contributed by atoms with E-state index in [9.17, 15) is 5.11 Å². The first kappa shape index (κ1) is 14.1. The van der Waals surface area contributed by atoms with Gasteiger partial charge in [0.25, 0.3) is 0 Å². The summed E-state index contributed by atoms with van der Waals surface area (Å²) >= 11 is 0. The molecule has 3 unspecified atom stereocenters. The molecule has 2 aromatic rings. The number of hydrogen-bond acceptors (Lipinski definition) is 5. The molecule has 3 rings (SSSR count). The summed E-state index contributed by atoms with van der Waals surface area (Å²) in [5, 5.41) is 13.9. The lowest BCUT2D eigenvalue weighted by Gasteiger charge is -2.19. The number of hydrogen-bond donors (Lipinski definition) is 1. The fourth-order valence-electron chi connectivity index (χ4n) is 2.89. The highest BCUT2D eigenvalue weighted by Gasteiger charge is 2.32. The number of aliphatic hydroxyl groups is 1. The molecular weight excluding hydrogens is 268 g/mol. The second kappa shape index (κ2) is 5.48. The van der Waals surface area contributed by atoms with Crippen LogP contribution in [0.3, 0.4) is 0 Å². The minimum Gasteiger partial charge on any atom is -0.482 e. The molecule has 1 aromatic carbocycles. The average Bonchev–Trinajstić information content (AvgIpc) is 3.03. The first-order valence-corrected chi connectivity index (χ1v) is 7.32. The second-order valence-corrected chi connectivity index (χ2v) is 5.92. The molecule has 1 aromatic heterocycles. The number of ether oxygens (including phenoxy) is 1. The van der Waals surface area contributed by atoms with Crippen molar-refractivity contribution in [2.75, 3.05) is 0 Å². The van der Waals surface area contributed by atoms with Crippen LogP contribution in [0.2, 0.25) is 0 Å². The van der Waals surface area contributed by atoms with Crippen molar-refractivity contribution in [1.82, 2.24) is 10.1 Å². The minimum atomic E-state index is -0.528. The molecule has 112 valence electrons. The lowest BCUT2D eigenvalue weighted by atomic mass is 9.91. The van der Waals surface area contributed by atoms with Crippen LogP contribution in [0.1, 0.15) is 50.1 Å². The highest BCUT2D eigenvalue weighted by molar-refractivity contribution is 5.37. The van der Waals surface area contributed by atoms with Crippen LogP contribution in [-0.2, 0) is 6.42 Å². The van der Waals surface area contributed by atoms with Gasteiger partial charge in [0.05, 0.1) is 12.0 Å². The number of fused-ring (bicyclic) bond motifs is 1. The fraction of sp³-hybridized carbons (Fsp3) is 0.500. The summed E-state index contributed by atoms with van der Waals surface area (Å²) in [4.78, 5) is 4.46. The Balaban J connectivity index is 1.80. The molecule has 0 fully saturated rings. The zero-order chi connectivity index (χ0) is 15.0. The van der Waals surface area contributed by atoms with E-state index in [1.54, 1.807) is 6.92 Å². The van der Waals surface area contributed by atoms with Crippen molar-refractivity contribution in [3.05, 3.63) is 41.5 Å². The molecule has 0 radical (unpaired) electrons. The predicted octanol–water partition coefficient (Wildman–Crippen LogP) is 2.87. The molecule has 3 atom stereocenters. The lowest BCUT2D eigenvalue weighted by molar-refractivity contribution is 0.120. The summed E-state index contributed by atoms with van der Waals surface area (Å²) in [6.45, 7) is 5.81. The molecule has 1 N–H and O–H groups in total. The van der Waals surface area contributed by atoms with Gasteiger partial charge < -0.3 is 14.4 Å². The largest absolute Gasteiger partial charge is 0.482 e. The highest BCUT2D eigenvalue weighted by Crippen LogP contribution is 2.36. The highest BCUT2D eigenvalue weighted by atomic mass is 16.5. The van der Waals surface area contributed by atoms with Gasteiger partial charge in [-0.3, -0.25) is 0 Å². The van der Waals surface area contributed by atoms with Crippen LogP contribution in [0.15, 0.2) is 28.8 Å². The molecule has 1 aliphatic rings. The molecule has 2 heterocycles. The summed E-state index contributed by atoms with van der Waals surface area (Å²) in [5.74, 6) is 1.97. The Kier molecular flexibility index (Phi) is 3.68. The number of para-hydroxylation sites is 1. The molecule has 21 heavy (non-hydrogen) atoms. The quantitative estimate of drug-likeness (QED) is 0.937. The molecule has 5 heteroatoms. The Labute approximate surface area is 123 Å². The monoisotopic (exact) mass is 288 g/mol. The average molecular weight is 288 g/mol. The van der Waals surface area contributed by atoms with Crippen LogP contribution < -0.4 is 4.74 Å². The Morgan fingerprint density at radius 1 is 1.24 bits per heavy atom. The Morgan fingerprint density at radius 3 is 2.67 bits per heavy atom. The van der Waals surface area contributed by atoms with Crippen LogP contribution in [0.5, 0.6) is 5.75 Å².